The molecule has 2 heterocycles. The second-order valence-electron chi connectivity index (χ2n) is 5.33. The van der Waals surface area contributed by atoms with E-state index in [1.165, 1.54) is 37.3 Å². The second-order valence-corrected chi connectivity index (χ2v) is 5.33. The summed E-state index contributed by atoms with van der Waals surface area (Å²) in [6, 6.07) is 9.58. The molecule has 1 aromatic carbocycles. The molecule has 0 atom stereocenters. The molecular weight excluding hydrogens is 306 g/mol. The van der Waals surface area contributed by atoms with Gasteiger partial charge in [0.1, 0.15) is 11.6 Å². The summed E-state index contributed by atoms with van der Waals surface area (Å²) in [6.07, 6.45) is 4.79. The Morgan fingerprint density at radius 2 is 1.96 bits per heavy atom. The highest BCUT2D eigenvalue weighted by Gasteiger charge is 2.08. The van der Waals surface area contributed by atoms with E-state index in [0.29, 0.717) is 11.4 Å². The van der Waals surface area contributed by atoms with Gasteiger partial charge in [-0.2, -0.15) is 0 Å². The lowest BCUT2D eigenvalue weighted by atomic mass is 10.2. The second kappa shape index (κ2) is 6.37. The summed E-state index contributed by atoms with van der Waals surface area (Å²) in [4.78, 5) is 30.5. The van der Waals surface area contributed by atoms with Crippen molar-refractivity contribution in [1.82, 2.24) is 9.97 Å². The van der Waals surface area contributed by atoms with E-state index in [1.54, 1.807) is 18.3 Å². The van der Waals surface area contributed by atoms with Gasteiger partial charge < -0.3 is 15.4 Å². The summed E-state index contributed by atoms with van der Waals surface area (Å²) in [6.45, 7) is 1.48. The third-order valence-corrected chi connectivity index (χ3v) is 3.39. The van der Waals surface area contributed by atoms with Crippen molar-refractivity contribution < 1.29 is 14.7 Å². The number of hydrogen-bond acceptors (Lipinski definition) is 4. The number of pyridine rings is 1. The van der Waals surface area contributed by atoms with Crippen LogP contribution in [0.25, 0.3) is 17.0 Å². The highest BCUT2D eigenvalue weighted by atomic mass is 16.3. The molecule has 3 rings (SSSR count). The predicted molar refractivity (Wildman–Crippen MR) is 91.9 cm³/mol. The van der Waals surface area contributed by atoms with Crippen molar-refractivity contribution in [2.24, 2.45) is 0 Å². The summed E-state index contributed by atoms with van der Waals surface area (Å²) < 4.78 is 0. The lowest BCUT2D eigenvalue weighted by Crippen LogP contribution is -2.12. The van der Waals surface area contributed by atoms with Crippen molar-refractivity contribution in [3.8, 4) is 5.75 Å². The molecule has 0 saturated heterocycles. The Balaban J connectivity index is 1.81. The van der Waals surface area contributed by atoms with E-state index in [0.717, 1.165) is 16.6 Å². The number of carbonyl (C=O) groups is 2. The quantitative estimate of drug-likeness (QED) is 0.643. The van der Waals surface area contributed by atoms with Crippen LogP contribution in [0.15, 0.2) is 48.7 Å². The van der Waals surface area contributed by atoms with Gasteiger partial charge in [0.15, 0.2) is 5.78 Å². The minimum atomic E-state index is -0.311. The fourth-order valence-electron chi connectivity index (χ4n) is 2.22. The molecular formula is C18H15N3O3. The first-order chi connectivity index (χ1) is 11.5. The molecule has 0 spiro atoms. The van der Waals surface area contributed by atoms with Crippen LogP contribution in [0.3, 0.4) is 0 Å². The van der Waals surface area contributed by atoms with Gasteiger partial charge in [-0.25, -0.2) is 4.98 Å². The van der Waals surface area contributed by atoms with Gasteiger partial charge in [0.2, 0.25) is 0 Å². The molecule has 1 amide bonds. The van der Waals surface area contributed by atoms with Crippen LogP contribution in [0, 0.1) is 0 Å². The first-order valence-electron chi connectivity index (χ1n) is 7.29. The van der Waals surface area contributed by atoms with Crippen molar-refractivity contribution in [2.45, 2.75) is 6.92 Å². The number of carbonyl (C=O) groups excluding carboxylic acids is 2. The van der Waals surface area contributed by atoms with Crippen LogP contribution in [0.4, 0.5) is 5.82 Å². The maximum atomic E-state index is 12.2. The van der Waals surface area contributed by atoms with E-state index in [2.05, 4.69) is 15.3 Å². The highest BCUT2D eigenvalue weighted by molar-refractivity contribution is 6.04. The zero-order valence-electron chi connectivity index (χ0n) is 12.9. The van der Waals surface area contributed by atoms with Gasteiger partial charge in [-0.05, 0) is 55.5 Å². The molecule has 0 fully saturated rings. The number of fused-ring (bicyclic) bond motifs is 1. The van der Waals surface area contributed by atoms with Crippen LogP contribution >= 0.6 is 0 Å². The maximum Gasteiger partial charge on any atom is 0.256 e. The number of phenols is 1. The van der Waals surface area contributed by atoms with Crippen molar-refractivity contribution in [2.75, 3.05) is 5.32 Å². The Morgan fingerprint density at radius 3 is 2.67 bits per heavy atom. The Hall–Kier alpha value is -3.41. The number of amides is 1. The monoisotopic (exact) mass is 321 g/mol. The molecule has 0 bridgehead atoms. The highest BCUT2D eigenvalue weighted by Crippen LogP contribution is 2.19. The molecule has 0 unspecified atom stereocenters. The number of aromatic nitrogens is 2. The van der Waals surface area contributed by atoms with Crippen molar-refractivity contribution in [3.63, 3.8) is 0 Å². The smallest absolute Gasteiger partial charge is 0.256 e. The summed E-state index contributed by atoms with van der Waals surface area (Å²) in [7, 11) is 0. The summed E-state index contributed by atoms with van der Waals surface area (Å²) in [5, 5.41) is 12.8. The standard InChI is InChI=1S/C18H15N3O3/c1-11(22)2-5-14-8-13-9-17(19-10-16(13)20-14)21-18(24)12-3-6-15(23)7-4-12/h2-10,20,23H,1H3,(H,19,21,24)/b5-2+. The Morgan fingerprint density at radius 1 is 1.21 bits per heavy atom. The Labute approximate surface area is 137 Å². The molecule has 0 aliphatic carbocycles. The van der Waals surface area contributed by atoms with Gasteiger partial charge in [-0.3, -0.25) is 9.59 Å². The molecule has 0 aliphatic heterocycles. The maximum absolute atomic E-state index is 12.2. The third kappa shape index (κ3) is 3.49. The number of phenolic OH excluding ortho intramolecular Hbond substituents is 1. The number of aromatic amines is 1. The molecule has 6 heteroatoms. The molecule has 0 aliphatic rings. The number of anilines is 1. The molecule has 0 saturated carbocycles. The van der Waals surface area contributed by atoms with Crippen LogP contribution in [0.5, 0.6) is 5.75 Å². The van der Waals surface area contributed by atoms with E-state index >= 15 is 0 Å². The van der Waals surface area contributed by atoms with Gasteiger partial charge in [-0.15, -0.1) is 0 Å². The van der Waals surface area contributed by atoms with Crippen molar-refractivity contribution in [3.05, 3.63) is 59.9 Å². The lowest BCUT2D eigenvalue weighted by molar-refractivity contribution is -0.112. The van der Waals surface area contributed by atoms with Gasteiger partial charge in [-0.1, -0.05) is 0 Å². The Bertz CT molecular complexity index is 940. The number of H-pyrrole nitrogens is 1. The topological polar surface area (TPSA) is 95.1 Å². The van der Waals surface area contributed by atoms with Crippen LogP contribution in [0.1, 0.15) is 23.0 Å². The number of hydrogen-bond donors (Lipinski definition) is 3. The number of aromatic hydroxyl groups is 1. The summed E-state index contributed by atoms with van der Waals surface area (Å²) >= 11 is 0. The molecule has 6 nitrogen and oxygen atoms in total. The minimum Gasteiger partial charge on any atom is -0.508 e. The van der Waals surface area contributed by atoms with E-state index in [4.69, 9.17) is 0 Å². The summed E-state index contributed by atoms with van der Waals surface area (Å²) in [5.41, 5.74) is 2.01. The average molecular weight is 321 g/mol. The lowest BCUT2D eigenvalue weighted by Gasteiger charge is -2.04. The molecule has 0 radical (unpaired) electrons. The third-order valence-electron chi connectivity index (χ3n) is 3.39. The SMILES string of the molecule is CC(=O)/C=C/c1cc2cc(NC(=O)c3ccc(O)cc3)ncc2[nH]1. The first-order valence-corrected chi connectivity index (χ1v) is 7.29. The van der Waals surface area contributed by atoms with Crippen LogP contribution in [-0.2, 0) is 4.79 Å². The number of rotatable bonds is 4. The van der Waals surface area contributed by atoms with Gasteiger partial charge in [0.05, 0.1) is 11.7 Å². The predicted octanol–water partition coefficient (Wildman–Crippen LogP) is 3.12. The van der Waals surface area contributed by atoms with Crippen molar-refractivity contribution in [1.29, 1.82) is 0 Å². The minimum absolute atomic E-state index is 0.0337. The fourth-order valence-corrected chi connectivity index (χ4v) is 2.22. The first kappa shape index (κ1) is 15.5. The van der Waals surface area contributed by atoms with E-state index in [1.807, 2.05) is 6.07 Å². The van der Waals surface area contributed by atoms with Crippen LogP contribution in [0.2, 0.25) is 0 Å². The molecule has 3 aromatic rings. The van der Waals surface area contributed by atoms with Crippen molar-refractivity contribution >= 4 is 34.5 Å². The average Bonchev–Trinajstić information content (AvgIpc) is 2.95. The van der Waals surface area contributed by atoms with Gasteiger partial charge in [0.25, 0.3) is 5.91 Å². The normalized spacial score (nSPS) is 11.0. The number of benzene rings is 1. The van der Waals surface area contributed by atoms with Crippen LogP contribution in [-0.4, -0.2) is 26.8 Å². The Kier molecular flexibility index (Phi) is 4.11. The number of nitrogens with one attached hydrogen (secondary N) is 2. The molecule has 120 valence electrons. The summed E-state index contributed by atoms with van der Waals surface area (Å²) in [5.74, 6) is 0.175. The zero-order chi connectivity index (χ0) is 17.1. The van der Waals surface area contributed by atoms with E-state index < -0.39 is 0 Å². The van der Waals surface area contributed by atoms with E-state index in [-0.39, 0.29) is 17.4 Å². The molecule has 3 N–H and O–H groups in total. The molecule has 24 heavy (non-hydrogen) atoms. The largest absolute Gasteiger partial charge is 0.508 e. The number of allylic oxidation sites excluding steroid dienone is 1. The van der Waals surface area contributed by atoms with Gasteiger partial charge in [0, 0.05) is 16.6 Å². The van der Waals surface area contributed by atoms with Gasteiger partial charge >= 0.3 is 0 Å². The fraction of sp³-hybridized carbons (Fsp3) is 0.0556. The number of ketones is 1. The van der Waals surface area contributed by atoms with Crippen LogP contribution < -0.4 is 5.32 Å². The molecule has 2 aromatic heterocycles. The zero-order valence-corrected chi connectivity index (χ0v) is 12.9. The number of nitrogens with zero attached hydrogens (tertiary/aromatic N) is 1. The van der Waals surface area contributed by atoms with E-state index in [9.17, 15) is 14.7 Å².